The molecule has 0 atom stereocenters. The van der Waals surface area contributed by atoms with Crippen molar-refractivity contribution in [3.63, 3.8) is 0 Å². The summed E-state index contributed by atoms with van der Waals surface area (Å²) in [5.74, 6) is 0.891. The first-order chi connectivity index (χ1) is 11.2. The molecule has 0 saturated carbocycles. The van der Waals surface area contributed by atoms with E-state index in [0.717, 1.165) is 23.8 Å². The molecule has 0 amide bonds. The lowest BCUT2D eigenvalue weighted by atomic mass is 10.1. The summed E-state index contributed by atoms with van der Waals surface area (Å²) in [7, 11) is 0. The standard InChI is InChI=1S/C18H14N2O3/c1-2-3-13-8-18(21)23-16-9-14(5-6-15(13)16)22-17-7-4-12(10-19)11-20-17/h4-9,11H,2-3H2,1H3. The Hall–Kier alpha value is -3.13. The van der Waals surface area contributed by atoms with Crippen molar-refractivity contribution < 1.29 is 9.15 Å². The Labute approximate surface area is 132 Å². The molecule has 5 heteroatoms. The SMILES string of the molecule is CCCc1cc(=O)oc2cc(Oc3ccc(C#N)cn3)ccc12. The van der Waals surface area contributed by atoms with Gasteiger partial charge < -0.3 is 9.15 Å². The third-order valence-corrected chi connectivity index (χ3v) is 3.41. The Balaban J connectivity index is 1.96. The minimum Gasteiger partial charge on any atom is -0.439 e. The first-order valence-electron chi connectivity index (χ1n) is 7.30. The van der Waals surface area contributed by atoms with E-state index >= 15 is 0 Å². The third-order valence-electron chi connectivity index (χ3n) is 3.41. The van der Waals surface area contributed by atoms with Gasteiger partial charge in [0.2, 0.25) is 5.88 Å². The Kier molecular flexibility index (Phi) is 4.07. The van der Waals surface area contributed by atoms with Crippen molar-refractivity contribution in [2.24, 2.45) is 0 Å². The van der Waals surface area contributed by atoms with Crippen LogP contribution in [0.5, 0.6) is 11.6 Å². The zero-order valence-electron chi connectivity index (χ0n) is 12.6. The highest BCUT2D eigenvalue weighted by atomic mass is 16.5. The summed E-state index contributed by atoms with van der Waals surface area (Å²) in [5, 5.41) is 9.67. The molecule has 0 aliphatic heterocycles. The van der Waals surface area contributed by atoms with E-state index in [0.29, 0.717) is 22.8 Å². The van der Waals surface area contributed by atoms with Gasteiger partial charge in [0.25, 0.3) is 0 Å². The minimum atomic E-state index is -0.366. The highest BCUT2D eigenvalue weighted by molar-refractivity contribution is 5.81. The van der Waals surface area contributed by atoms with E-state index in [4.69, 9.17) is 14.4 Å². The lowest BCUT2D eigenvalue weighted by Gasteiger charge is -2.07. The molecule has 0 N–H and O–H groups in total. The topological polar surface area (TPSA) is 76.1 Å². The van der Waals surface area contributed by atoms with Crippen molar-refractivity contribution >= 4 is 11.0 Å². The molecule has 0 fully saturated rings. The summed E-state index contributed by atoms with van der Waals surface area (Å²) in [6, 6.07) is 12.1. The summed E-state index contributed by atoms with van der Waals surface area (Å²) in [6.07, 6.45) is 3.21. The van der Waals surface area contributed by atoms with Crippen LogP contribution < -0.4 is 10.4 Å². The maximum absolute atomic E-state index is 11.7. The second-order valence-corrected chi connectivity index (χ2v) is 5.10. The molecule has 0 unspecified atom stereocenters. The van der Waals surface area contributed by atoms with Crippen LogP contribution in [0.1, 0.15) is 24.5 Å². The molecule has 0 saturated heterocycles. The second-order valence-electron chi connectivity index (χ2n) is 5.10. The Bertz CT molecular complexity index is 937. The second kappa shape index (κ2) is 6.32. The van der Waals surface area contributed by atoms with Gasteiger partial charge in [-0.2, -0.15) is 5.26 Å². The number of ether oxygens (including phenoxy) is 1. The zero-order valence-corrected chi connectivity index (χ0v) is 12.6. The summed E-state index contributed by atoms with van der Waals surface area (Å²) in [6.45, 7) is 2.06. The highest BCUT2D eigenvalue weighted by Crippen LogP contribution is 2.26. The predicted molar refractivity (Wildman–Crippen MR) is 85.5 cm³/mol. The van der Waals surface area contributed by atoms with Crippen LogP contribution in [0.15, 0.2) is 51.8 Å². The maximum Gasteiger partial charge on any atom is 0.336 e. The van der Waals surface area contributed by atoms with E-state index in [1.165, 1.54) is 12.3 Å². The van der Waals surface area contributed by atoms with Crippen molar-refractivity contribution in [1.82, 2.24) is 4.98 Å². The number of aryl methyl sites for hydroxylation is 1. The van der Waals surface area contributed by atoms with Gasteiger partial charge in [-0.1, -0.05) is 13.3 Å². The third kappa shape index (κ3) is 3.22. The monoisotopic (exact) mass is 306 g/mol. The molecule has 0 bridgehead atoms. The van der Waals surface area contributed by atoms with Crippen molar-refractivity contribution in [2.45, 2.75) is 19.8 Å². The van der Waals surface area contributed by atoms with E-state index in [1.54, 1.807) is 24.3 Å². The summed E-state index contributed by atoms with van der Waals surface area (Å²) in [5.41, 5.74) is 1.56. The molecule has 3 rings (SSSR count). The average molecular weight is 306 g/mol. The Morgan fingerprint density at radius 3 is 2.83 bits per heavy atom. The number of fused-ring (bicyclic) bond motifs is 1. The summed E-state index contributed by atoms with van der Waals surface area (Å²) in [4.78, 5) is 15.7. The van der Waals surface area contributed by atoms with Crippen molar-refractivity contribution in [3.05, 3.63) is 64.1 Å². The molecule has 0 aliphatic carbocycles. The highest BCUT2D eigenvalue weighted by Gasteiger charge is 2.07. The normalized spacial score (nSPS) is 10.4. The number of nitriles is 1. The van der Waals surface area contributed by atoms with E-state index < -0.39 is 0 Å². The fourth-order valence-electron chi connectivity index (χ4n) is 2.38. The Morgan fingerprint density at radius 2 is 2.13 bits per heavy atom. The molecular formula is C18H14N2O3. The first-order valence-corrected chi connectivity index (χ1v) is 7.30. The van der Waals surface area contributed by atoms with E-state index in [1.807, 2.05) is 12.1 Å². The number of hydrogen-bond donors (Lipinski definition) is 0. The number of aromatic nitrogens is 1. The largest absolute Gasteiger partial charge is 0.439 e. The van der Waals surface area contributed by atoms with E-state index in [9.17, 15) is 4.79 Å². The van der Waals surface area contributed by atoms with E-state index in [-0.39, 0.29) is 5.63 Å². The van der Waals surface area contributed by atoms with Gasteiger partial charge >= 0.3 is 5.63 Å². The predicted octanol–water partition coefficient (Wildman–Crippen LogP) is 3.80. The molecule has 1 aromatic carbocycles. The van der Waals surface area contributed by atoms with Gasteiger partial charge in [0, 0.05) is 29.8 Å². The lowest BCUT2D eigenvalue weighted by molar-refractivity contribution is 0.461. The van der Waals surface area contributed by atoms with Crippen LogP contribution in [0.25, 0.3) is 11.0 Å². The van der Waals surface area contributed by atoms with Crippen molar-refractivity contribution in [1.29, 1.82) is 5.26 Å². The fourth-order valence-corrected chi connectivity index (χ4v) is 2.38. The summed E-state index contributed by atoms with van der Waals surface area (Å²) >= 11 is 0. The van der Waals surface area contributed by atoms with Crippen LogP contribution in [0, 0.1) is 11.3 Å². The molecule has 5 nitrogen and oxygen atoms in total. The van der Waals surface area contributed by atoms with Crippen molar-refractivity contribution in [3.8, 4) is 17.7 Å². The van der Waals surface area contributed by atoms with Crippen LogP contribution in [-0.4, -0.2) is 4.98 Å². The summed E-state index contributed by atoms with van der Waals surface area (Å²) < 4.78 is 10.9. The maximum atomic E-state index is 11.7. The smallest absolute Gasteiger partial charge is 0.336 e. The first kappa shape index (κ1) is 14.8. The van der Waals surface area contributed by atoms with Crippen LogP contribution in [-0.2, 0) is 6.42 Å². The molecule has 23 heavy (non-hydrogen) atoms. The molecule has 0 spiro atoms. The number of pyridine rings is 1. The minimum absolute atomic E-state index is 0.366. The number of rotatable bonds is 4. The van der Waals surface area contributed by atoms with Gasteiger partial charge in [-0.3, -0.25) is 0 Å². The molecule has 114 valence electrons. The average Bonchev–Trinajstić information content (AvgIpc) is 2.55. The van der Waals surface area contributed by atoms with Gasteiger partial charge in [-0.15, -0.1) is 0 Å². The van der Waals surface area contributed by atoms with Crippen molar-refractivity contribution in [2.75, 3.05) is 0 Å². The molecule has 0 radical (unpaired) electrons. The van der Waals surface area contributed by atoms with Crippen LogP contribution in [0.2, 0.25) is 0 Å². The molecule has 2 aromatic heterocycles. The number of hydrogen-bond acceptors (Lipinski definition) is 5. The van der Waals surface area contributed by atoms with Crippen LogP contribution in [0.3, 0.4) is 0 Å². The van der Waals surface area contributed by atoms with Gasteiger partial charge in [0.15, 0.2) is 0 Å². The molecule has 3 aromatic rings. The van der Waals surface area contributed by atoms with Crippen LogP contribution >= 0.6 is 0 Å². The molecule has 0 aliphatic rings. The molecule has 2 heterocycles. The van der Waals surface area contributed by atoms with Crippen LogP contribution in [0.4, 0.5) is 0 Å². The zero-order chi connectivity index (χ0) is 16.2. The van der Waals surface area contributed by atoms with Gasteiger partial charge in [0.1, 0.15) is 17.4 Å². The quantitative estimate of drug-likeness (QED) is 0.685. The number of nitrogens with zero attached hydrogens (tertiary/aromatic N) is 2. The molecular weight excluding hydrogens is 292 g/mol. The van der Waals surface area contributed by atoms with Gasteiger partial charge in [0.05, 0.1) is 5.56 Å². The van der Waals surface area contributed by atoms with Gasteiger partial charge in [-0.25, -0.2) is 9.78 Å². The van der Waals surface area contributed by atoms with Gasteiger partial charge in [-0.05, 0) is 30.2 Å². The number of benzene rings is 1. The van der Waals surface area contributed by atoms with E-state index in [2.05, 4.69) is 11.9 Å². The fraction of sp³-hybridized carbons (Fsp3) is 0.167. The Morgan fingerprint density at radius 1 is 1.26 bits per heavy atom. The lowest BCUT2D eigenvalue weighted by Crippen LogP contribution is -2.00.